The van der Waals surface area contributed by atoms with Crippen molar-refractivity contribution in [3.05, 3.63) is 77.9 Å². The topological polar surface area (TPSA) is 20.2 Å². The Kier molecular flexibility index (Phi) is 4.03. The summed E-state index contributed by atoms with van der Waals surface area (Å²) in [5.74, 6) is 0. The summed E-state index contributed by atoms with van der Waals surface area (Å²) in [5, 5.41) is 10.0. The summed E-state index contributed by atoms with van der Waals surface area (Å²) in [6.45, 7) is 2.17. The minimum Gasteiger partial charge on any atom is -0.388 e. The molecule has 1 nitrogen and oxygen atoms in total. The van der Waals surface area contributed by atoms with Crippen LogP contribution in [0.5, 0.6) is 0 Å². The summed E-state index contributed by atoms with van der Waals surface area (Å²) in [7, 11) is 0. The zero-order chi connectivity index (χ0) is 14.7. The van der Waals surface area contributed by atoms with E-state index in [1.165, 1.54) is 16.7 Å². The molecule has 0 spiro atoms. The fourth-order valence-corrected chi connectivity index (χ4v) is 2.69. The number of allylic oxidation sites excluding steroid dienone is 2. The van der Waals surface area contributed by atoms with E-state index in [9.17, 15) is 5.11 Å². The number of hydrogen-bond acceptors (Lipinski definition) is 1. The van der Waals surface area contributed by atoms with Crippen LogP contribution in [0.2, 0.25) is 0 Å². The Morgan fingerprint density at radius 3 is 2.05 bits per heavy atom. The van der Waals surface area contributed by atoms with Gasteiger partial charge in [0.25, 0.3) is 0 Å². The first kappa shape index (κ1) is 13.8. The van der Waals surface area contributed by atoms with Crippen molar-refractivity contribution in [2.75, 3.05) is 0 Å². The molecule has 3 rings (SSSR count). The SMILES string of the molecule is CCc1ccc(-c2ccc(C3=CC=CCC3O)cc2)cc1. The molecule has 0 radical (unpaired) electrons. The Labute approximate surface area is 126 Å². The van der Waals surface area contributed by atoms with Crippen molar-refractivity contribution in [3.63, 3.8) is 0 Å². The summed E-state index contributed by atoms with van der Waals surface area (Å²) >= 11 is 0. The van der Waals surface area contributed by atoms with Gasteiger partial charge >= 0.3 is 0 Å². The molecule has 0 aliphatic heterocycles. The van der Waals surface area contributed by atoms with Crippen LogP contribution in [0.1, 0.15) is 24.5 Å². The highest BCUT2D eigenvalue weighted by Crippen LogP contribution is 2.27. The number of aliphatic hydroxyl groups excluding tert-OH is 1. The van der Waals surface area contributed by atoms with Crippen molar-refractivity contribution in [2.45, 2.75) is 25.9 Å². The van der Waals surface area contributed by atoms with E-state index < -0.39 is 0 Å². The second kappa shape index (κ2) is 6.11. The third kappa shape index (κ3) is 2.98. The van der Waals surface area contributed by atoms with E-state index in [2.05, 4.69) is 55.5 Å². The van der Waals surface area contributed by atoms with Crippen LogP contribution in [0.4, 0.5) is 0 Å². The number of benzene rings is 2. The minimum atomic E-state index is -0.385. The van der Waals surface area contributed by atoms with Crippen LogP contribution in [0, 0.1) is 0 Å². The Morgan fingerprint density at radius 1 is 0.905 bits per heavy atom. The molecule has 0 amide bonds. The summed E-state index contributed by atoms with van der Waals surface area (Å²) < 4.78 is 0. The van der Waals surface area contributed by atoms with Gasteiger partial charge in [-0.3, -0.25) is 0 Å². The molecule has 2 aromatic rings. The molecule has 0 saturated carbocycles. The normalized spacial score (nSPS) is 17.6. The molecule has 0 aromatic heterocycles. The molecule has 0 fully saturated rings. The average Bonchev–Trinajstić information content (AvgIpc) is 2.56. The zero-order valence-electron chi connectivity index (χ0n) is 12.3. The lowest BCUT2D eigenvalue weighted by molar-refractivity contribution is 0.235. The van der Waals surface area contributed by atoms with Crippen LogP contribution in [-0.4, -0.2) is 11.2 Å². The van der Waals surface area contributed by atoms with E-state index in [4.69, 9.17) is 0 Å². The second-order valence-electron chi connectivity index (χ2n) is 5.43. The zero-order valence-corrected chi connectivity index (χ0v) is 12.3. The van der Waals surface area contributed by atoms with Crippen molar-refractivity contribution in [3.8, 4) is 11.1 Å². The Balaban J connectivity index is 1.86. The predicted octanol–water partition coefficient (Wildman–Crippen LogP) is 4.62. The first-order chi connectivity index (χ1) is 10.3. The van der Waals surface area contributed by atoms with Crippen molar-refractivity contribution >= 4 is 5.57 Å². The van der Waals surface area contributed by atoms with Crippen LogP contribution in [-0.2, 0) is 6.42 Å². The summed E-state index contributed by atoms with van der Waals surface area (Å²) in [6.07, 6.45) is 7.39. The van der Waals surface area contributed by atoms with Crippen molar-refractivity contribution in [1.29, 1.82) is 0 Å². The van der Waals surface area contributed by atoms with Crippen LogP contribution in [0.15, 0.2) is 66.8 Å². The van der Waals surface area contributed by atoms with Crippen molar-refractivity contribution in [2.24, 2.45) is 0 Å². The largest absolute Gasteiger partial charge is 0.388 e. The molecule has 106 valence electrons. The van der Waals surface area contributed by atoms with E-state index in [-0.39, 0.29) is 6.10 Å². The maximum atomic E-state index is 10.0. The third-order valence-electron chi connectivity index (χ3n) is 4.04. The van der Waals surface area contributed by atoms with Crippen LogP contribution >= 0.6 is 0 Å². The fourth-order valence-electron chi connectivity index (χ4n) is 2.69. The molecule has 1 aliphatic rings. The molecule has 2 aromatic carbocycles. The van der Waals surface area contributed by atoms with Gasteiger partial charge in [0.15, 0.2) is 0 Å². The molecular weight excluding hydrogens is 256 g/mol. The van der Waals surface area contributed by atoms with Crippen LogP contribution in [0.25, 0.3) is 16.7 Å². The Hall–Kier alpha value is -2.12. The van der Waals surface area contributed by atoms with E-state index in [0.29, 0.717) is 6.42 Å². The molecule has 1 heteroatoms. The van der Waals surface area contributed by atoms with Crippen LogP contribution in [0.3, 0.4) is 0 Å². The number of rotatable bonds is 3. The lowest BCUT2D eigenvalue weighted by Gasteiger charge is -2.16. The Morgan fingerprint density at radius 2 is 1.48 bits per heavy atom. The van der Waals surface area contributed by atoms with E-state index in [1.807, 2.05) is 18.2 Å². The number of hydrogen-bond donors (Lipinski definition) is 1. The summed E-state index contributed by atoms with van der Waals surface area (Å²) in [4.78, 5) is 0. The lowest BCUT2D eigenvalue weighted by Crippen LogP contribution is -2.10. The molecule has 1 atom stereocenters. The van der Waals surface area contributed by atoms with Gasteiger partial charge in [0.2, 0.25) is 0 Å². The highest BCUT2D eigenvalue weighted by atomic mass is 16.3. The van der Waals surface area contributed by atoms with Gasteiger partial charge < -0.3 is 5.11 Å². The van der Waals surface area contributed by atoms with Gasteiger partial charge in [-0.25, -0.2) is 0 Å². The summed E-state index contributed by atoms with van der Waals surface area (Å²) in [5.41, 5.74) is 5.91. The first-order valence-electron chi connectivity index (χ1n) is 7.52. The second-order valence-corrected chi connectivity index (χ2v) is 5.43. The highest BCUT2D eigenvalue weighted by molar-refractivity contribution is 5.74. The third-order valence-corrected chi connectivity index (χ3v) is 4.04. The van der Waals surface area contributed by atoms with Gasteiger partial charge in [-0.15, -0.1) is 0 Å². The average molecular weight is 276 g/mol. The molecule has 1 aliphatic carbocycles. The highest BCUT2D eigenvalue weighted by Gasteiger charge is 2.13. The summed E-state index contributed by atoms with van der Waals surface area (Å²) in [6, 6.07) is 17.2. The Bertz CT molecular complexity index is 660. The van der Waals surface area contributed by atoms with Gasteiger partial charge in [-0.05, 0) is 40.7 Å². The molecule has 21 heavy (non-hydrogen) atoms. The molecular formula is C20H20O. The van der Waals surface area contributed by atoms with E-state index in [1.54, 1.807) is 0 Å². The number of aliphatic hydroxyl groups is 1. The molecule has 1 N–H and O–H groups in total. The molecule has 0 heterocycles. The molecule has 0 saturated heterocycles. The first-order valence-corrected chi connectivity index (χ1v) is 7.52. The van der Waals surface area contributed by atoms with Gasteiger partial charge in [-0.1, -0.05) is 73.7 Å². The smallest absolute Gasteiger partial charge is 0.0830 e. The maximum Gasteiger partial charge on any atom is 0.0830 e. The monoisotopic (exact) mass is 276 g/mol. The van der Waals surface area contributed by atoms with E-state index >= 15 is 0 Å². The predicted molar refractivity (Wildman–Crippen MR) is 89.0 cm³/mol. The maximum absolute atomic E-state index is 10.0. The fraction of sp³-hybridized carbons (Fsp3) is 0.200. The quantitative estimate of drug-likeness (QED) is 0.867. The van der Waals surface area contributed by atoms with E-state index in [0.717, 1.165) is 17.6 Å². The minimum absolute atomic E-state index is 0.385. The van der Waals surface area contributed by atoms with Gasteiger partial charge in [0.05, 0.1) is 6.10 Å². The molecule has 0 bridgehead atoms. The van der Waals surface area contributed by atoms with Gasteiger partial charge in [0.1, 0.15) is 0 Å². The van der Waals surface area contributed by atoms with Crippen molar-refractivity contribution in [1.82, 2.24) is 0 Å². The van der Waals surface area contributed by atoms with Gasteiger partial charge in [0, 0.05) is 0 Å². The van der Waals surface area contributed by atoms with Crippen LogP contribution < -0.4 is 0 Å². The van der Waals surface area contributed by atoms with Gasteiger partial charge in [-0.2, -0.15) is 0 Å². The number of aryl methyl sites for hydroxylation is 1. The van der Waals surface area contributed by atoms with Crippen molar-refractivity contribution < 1.29 is 5.11 Å². The lowest BCUT2D eigenvalue weighted by atomic mass is 9.93. The molecule has 1 unspecified atom stereocenters. The standard InChI is InChI=1S/C20H20O/c1-2-15-7-9-16(10-8-15)17-11-13-18(14-12-17)19-5-3-4-6-20(19)21/h3-5,7-14,20-21H,2,6H2,1H3.